The first-order chi connectivity index (χ1) is 7.13. The van der Waals surface area contributed by atoms with Crippen molar-refractivity contribution in [3.8, 4) is 0 Å². The van der Waals surface area contributed by atoms with Crippen molar-refractivity contribution in [2.75, 3.05) is 0 Å². The van der Waals surface area contributed by atoms with Gasteiger partial charge < -0.3 is 4.98 Å². The van der Waals surface area contributed by atoms with Crippen LogP contribution in [0.1, 0.15) is 23.8 Å². The first kappa shape index (κ1) is 10.6. The third-order valence-corrected chi connectivity index (χ3v) is 3.42. The minimum atomic E-state index is -0.282. The molecule has 0 aliphatic heterocycles. The van der Waals surface area contributed by atoms with Crippen molar-refractivity contribution in [3.63, 3.8) is 0 Å². The highest BCUT2D eigenvalue weighted by Gasteiger charge is 2.14. The summed E-state index contributed by atoms with van der Waals surface area (Å²) in [6.07, 6.45) is 0.450. The lowest BCUT2D eigenvalue weighted by atomic mass is 10.2. The summed E-state index contributed by atoms with van der Waals surface area (Å²) in [7, 11) is 0. The Morgan fingerprint density at radius 1 is 1.53 bits per heavy atom. The summed E-state index contributed by atoms with van der Waals surface area (Å²) in [5.74, 6) is -0.231. The Morgan fingerprint density at radius 3 is 2.93 bits per heavy atom. The van der Waals surface area contributed by atoms with Gasteiger partial charge in [-0.15, -0.1) is 0 Å². The van der Waals surface area contributed by atoms with Crippen molar-refractivity contribution in [3.05, 3.63) is 33.3 Å². The Hall–Kier alpha value is -0.910. The van der Waals surface area contributed by atoms with Gasteiger partial charge in [-0.2, -0.15) is 0 Å². The number of carbonyl (C=O) groups is 1. The van der Waals surface area contributed by atoms with Gasteiger partial charge in [-0.3, -0.25) is 4.79 Å². The highest BCUT2D eigenvalue weighted by molar-refractivity contribution is 14.1. The normalized spacial score (nSPS) is 10.9. The summed E-state index contributed by atoms with van der Waals surface area (Å²) in [4.78, 5) is 14.6. The third-order valence-electron chi connectivity index (χ3n) is 2.30. The molecule has 78 valence electrons. The molecule has 0 aliphatic rings. The highest BCUT2D eigenvalue weighted by atomic mass is 127. The number of aromatic nitrogens is 1. The van der Waals surface area contributed by atoms with Crippen LogP contribution in [0.2, 0.25) is 0 Å². The average molecular weight is 317 g/mol. The van der Waals surface area contributed by atoms with Crippen LogP contribution < -0.4 is 0 Å². The summed E-state index contributed by atoms with van der Waals surface area (Å²) in [5, 5.41) is 0.771. The van der Waals surface area contributed by atoms with E-state index < -0.39 is 0 Å². The number of Topliss-reactive ketones (excluding diaryl/α,β-unsaturated/α-hetero) is 1. The van der Waals surface area contributed by atoms with Gasteiger partial charge >= 0.3 is 0 Å². The monoisotopic (exact) mass is 317 g/mol. The van der Waals surface area contributed by atoms with Gasteiger partial charge in [0.15, 0.2) is 5.78 Å². The van der Waals surface area contributed by atoms with Gasteiger partial charge in [0.05, 0.1) is 5.69 Å². The SMILES string of the molecule is CCC(=O)c1[nH]c2ccc(F)cc2c1I. The largest absolute Gasteiger partial charge is 0.351 e. The van der Waals surface area contributed by atoms with Crippen LogP contribution in [0.3, 0.4) is 0 Å². The number of aromatic amines is 1. The fourth-order valence-corrected chi connectivity index (χ4v) is 2.38. The molecule has 0 unspecified atom stereocenters. The molecule has 15 heavy (non-hydrogen) atoms. The fraction of sp³-hybridized carbons (Fsp3) is 0.182. The number of rotatable bonds is 2. The molecule has 1 N–H and O–H groups in total. The zero-order valence-electron chi connectivity index (χ0n) is 8.10. The molecule has 0 saturated heterocycles. The van der Waals surface area contributed by atoms with E-state index in [9.17, 15) is 9.18 Å². The van der Waals surface area contributed by atoms with Crippen LogP contribution in [0, 0.1) is 9.39 Å². The van der Waals surface area contributed by atoms with Gasteiger partial charge in [0.1, 0.15) is 5.82 Å². The predicted molar refractivity (Wildman–Crippen MR) is 65.6 cm³/mol. The lowest BCUT2D eigenvalue weighted by Crippen LogP contribution is -1.98. The third kappa shape index (κ3) is 1.78. The van der Waals surface area contributed by atoms with Crippen LogP contribution in [-0.2, 0) is 0 Å². The molecule has 0 amide bonds. The van der Waals surface area contributed by atoms with Crippen LogP contribution in [0.15, 0.2) is 18.2 Å². The maximum absolute atomic E-state index is 13.0. The summed E-state index contributed by atoms with van der Waals surface area (Å²) in [5.41, 5.74) is 1.39. The summed E-state index contributed by atoms with van der Waals surface area (Å²) < 4.78 is 13.8. The van der Waals surface area contributed by atoms with Crippen LogP contribution in [0.5, 0.6) is 0 Å². The van der Waals surface area contributed by atoms with Crippen molar-refractivity contribution in [1.82, 2.24) is 4.98 Å². The van der Waals surface area contributed by atoms with E-state index in [0.717, 1.165) is 14.5 Å². The van der Waals surface area contributed by atoms with Gasteiger partial charge in [-0.05, 0) is 40.8 Å². The van der Waals surface area contributed by atoms with Gasteiger partial charge in [-0.1, -0.05) is 6.92 Å². The van der Waals surface area contributed by atoms with Gasteiger partial charge in [0.25, 0.3) is 0 Å². The molecule has 0 radical (unpaired) electrons. The molecule has 0 fully saturated rings. The van der Waals surface area contributed by atoms with Gasteiger partial charge in [-0.25, -0.2) is 4.39 Å². The molecule has 4 heteroatoms. The molecule has 2 nitrogen and oxygen atoms in total. The Balaban J connectivity index is 2.69. The second-order valence-corrected chi connectivity index (χ2v) is 4.36. The van der Waals surface area contributed by atoms with E-state index >= 15 is 0 Å². The topological polar surface area (TPSA) is 32.9 Å². The number of carbonyl (C=O) groups excluding carboxylic acids is 1. The zero-order valence-corrected chi connectivity index (χ0v) is 10.3. The van der Waals surface area contributed by atoms with E-state index in [2.05, 4.69) is 27.6 Å². The lowest BCUT2D eigenvalue weighted by molar-refractivity contribution is 0.0983. The number of hydrogen-bond acceptors (Lipinski definition) is 1. The fourth-order valence-electron chi connectivity index (χ4n) is 1.50. The van der Waals surface area contributed by atoms with E-state index in [1.807, 2.05) is 6.92 Å². The molecular formula is C11H9FINO. The van der Waals surface area contributed by atoms with Crippen LogP contribution in [-0.4, -0.2) is 10.8 Å². The number of halogens is 2. The second kappa shape index (κ2) is 3.92. The molecule has 0 bridgehead atoms. The Morgan fingerprint density at radius 2 is 2.27 bits per heavy atom. The number of fused-ring (bicyclic) bond motifs is 1. The maximum atomic E-state index is 13.0. The Labute approximate surface area is 100 Å². The molecular weight excluding hydrogens is 308 g/mol. The minimum Gasteiger partial charge on any atom is -0.351 e. The van der Waals surface area contributed by atoms with Crippen molar-refractivity contribution in [1.29, 1.82) is 0 Å². The number of benzene rings is 1. The molecule has 0 atom stereocenters. The zero-order chi connectivity index (χ0) is 11.0. The van der Waals surface area contributed by atoms with Crippen molar-refractivity contribution >= 4 is 39.3 Å². The molecule has 0 aliphatic carbocycles. The lowest BCUT2D eigenvalue weighted by Gasteiger charge is -1.93. The number of hydrogen-bond donors (Lipinski definition) is 1. The number of ketones is 1. The second-order valence-electron chi connectivity index (χ2n) is 3.28. The summed E-state index contributed by atoms with van der Waals surface area (Å²) in [6, 6.07) is 4.48. The standard InChI is InChI=1S/C11H9FINO/c1-2-9(15)11-10(13)7-5-6(12)3-4-8(7)14-11/h3-5,14H,2H2,1H3. The first-order valence-electron chi connectivity index (χ1n) is 4.63. The minimum absolute atomic E-state index is 0.0519. The van der Waals surface area contributed by atoms with Crippen molar-refractivity contribution in [2.24, 2.45) is 0 Å². The quantitative estimate of drug-likeness (QED) is 0.667. The molecule has 0 spiro atoms. The summed E-state index contributed by atoms with van der Waals surface area (Å²) in [6.45, 7) is 1.81. The first-order valence-corrected chi connectivity index (χ1v) is 5.71. The molecule has 1 aromatic heterocycles. The number of H-pyrrole nitrogens is 1. The Kier molecular flexibility index (Phi) is 2.77. The molecule has 0 saturated carbocycles. The highest BCUT2D eigenvalue weighted by Crippen LogP contribution is 2.25. The maximum Gasteiger partial charge on any atom is 0.179 e. The molecule has 2 aromatic rings. The van der Waals surface area contributed by atoms with Crippen LogP contribution in [0.25, 0.3) is 10.9 Å². The van der Waals surface area contributed by atoms with E-state index in [0.29, 0.717) is 12.1 Å². The molecule has 1 aromatic carbocycles. The van der Waals surface area contributed by atoms with Gasteiger partial charge in [0, 0.05) is 20.9 Å². The summed E-state index contributed by atoms with van der Waals surface area (Å²) >= 11 is 2.07. The van der Waals surface area contributed by atoms with Gasteiger partial charge in [0.2, 0.25) is 0 Å². The van der Waals surface area contributed by atoms with E-state index in [-0.39, 0.29) is 11.6 Å². The molecule has 2 rings (SSSR count). The Bertz CT molecular complexity index is 533. The predicted octanol–water partition coefficient (Wildman–Crippen LogP) is 3.50. The van der Waals surface area contributed by atoms with Crippen LogP contribution >= 0.6 is 22.6 Å². The van der Waals surface area contributed by atoms with Crippen molar-refractivity contribution < 1.29 is 9.18 Å². The number of nitrogens with one attached hydrogen (secondary N) is 1. The van der Waals surface area contributed by atoms with E-state index in [4.69, 9.17) is 0 Å². The van der Waals surface area contributed by atoms with E-state index in [1.165, 1.54) is 12.1 Å². The average Bonchev–Trinajstić information content (AvgIpc) is 2.55. The van der Waals surface area contributed by atoms with Crippen molar-refractivity contribution in [2.45, 2.75) is 13.3 Å². The van der Waals surface area contributed by atoms with Crippen LogP contribution in [0.4, 0.5) is 4.39 Å². The smallest absolute Gasteiger partial charge is 0.179 e. The van der Waals surface area contributed by atoms with E-state index in [1.54, 1.807) is 6.07 Å². The molecule has 1 heterocycles.